The fourth-order valence-electron chi connectivity index (χ4n) is 2.55. The first-order valence-electron chi connectivity index (χ1n) is 7.44. The summed E-state index contributed by atoms with van der Waals surface area (Å²) in [4.78, 5) is 12.0. The van der Waals surface area contributed by atoms with Gasteiger partial charge in [-0.3, -0.25) is 4.79 Å². The number of hydrogen-bond acceptors (Lipinski definition) is 2. The van der Waals surface area contributed by atoms with Crippen LogP contribution in [0.25, 0.3) is 0 Å². The molecule has 1 aromatic rings. The van der Waals surface area contributed by atoms with E-state index in [1.54, 1.807) is 12.1 Å². The Morgan fingerprint density at radius 1 is 1.19 bits per heavy atom. The van der Waals surface area contributed by atoms with Gasteiger partial charge >= 0.3 is 0 Å². The lowest BCUT2D eigenvalue weighted by Crippen LogP contribution is -2.35. The first kappa shape index (κ1) is 17.9. The highest BCUT2D eigenvalue weighted by atomic mass is 35.5. The minimum absolute atomic E-state index is 0. The van der Waals surface area contributed by atoms with Gasteiger partial charge in [-0.1, -0.05) is 31.0 Å². The fourth-order valence-corrected chi connectivity index (χ4v) is 2.55. The molecule has 3 nitrogen and oxygen atoms in total. The predicted octanol–water partition coefficient (Wildman–Crippen LogP) is 3.26. The molecule has 0 heterocycles. The Bertz CT molecular complexity index is 463. The van der Waals surface area contributed by atoms with Gasteiger partial charge in [-0.25, -0.2) is 4.39 Å². The van der Waals surface area contributed by atoms with Crippen LogP contribution in [0.4, 0.5) is 4.39 Å². The second kappa shape index (κ2) is 8.35. The highest BCUT2D eigenvalue weighted by Gasteiger charge is 2.47. The van der Waals surface area contributed by atoms with Crippen molar-refractivity contribution in [3.05, 3.63) is 35.6 Å². The van der Waals surface area contributed by atoms with E-state index in [1.807, 2.05) is 6.07 Å². The molecule has 1 saturated carbocycles. The highest BCUT2D eigenvalue weighted by Crippen LogP contribution is 2.46. The molecule has 0 atom stereocenters. The third-order valence-corrected chi connectivity index (χ3v) is 3.88. The molecule has 0 spiro atoms. The summed E-state index contributed by atoms with van der Waals surface area (Å²) in [6.07, 6.45) is 6.15. The van der Waals surface area contributed by atoms with Crippen LogP contribution in [0.5, 0.6) is 0 Å². The SMILES string of the molecule is Cl.NCCCCCCC(=O)NC1(c2ccccc2F)CC1. The lowest BCUT2D eigenvalue weighted by atomic mass is 10.0. The molecule has 2 rings (SSSR count). The van der Waals surface area contributed by atoms with Crippen LogP contribution in [0.15, 0.2) is 24.3 Å². The number of benzene rings is 1. The van der Waals surface area contributed by atoms with Gasteiger partial charge in [0.25, 0.3) is 0 Å². The summed E-state index contributed by atoms with van der Waals surface area (Å²) in [7, 11) is 0. The van der Waals surface area contributed by atoms with Gasteiger partial charge in [0.1, 0.15) is 5.82 Å². The molecule has 5 heteroatoms. The van der Waals surface area contributed by atoms with Gasteiger partial charge in [-0.05, 0) is 38.3 Å². The standard InChI is InChI=1S/C16H23FN2O.ClH/c17-14-8-5-4-7-13(14)16(10-11-16)19-15(20)9-3-1-2-6-12-18;/h4-5,7-8H,1-3,6,9-12,18H2,(H,19,20);1H. The molecule has 21 heavy (non-hydrogen) atoms. The third kappa shape index (κ3) is 4.97. The molecule has 0 radical (unpaired) electrons. The summed E-state index contributed by atoms with van der Waals surface area (Å²) in [6, 6.07) is 6.71. The first-order valence-corrected chi connectivity index (χ1v) is 7.44. The molecule has 0 unspecified atom stereocenters. The predicted molar refractivity (Wildman–Crippen MR) is 84.8 cm³/mol. The number of rotatable bonds is 8. The van der Waals surface area contributed by atoms with Crippen molar-refractivity contribution in [2.24, 2.45) is 5.73 Å². The first-order chi connectivity index (χ1) is 9.68. The number of unbranched alkanes of at least 4 members (excludes halogenated alkanes) is 3. The Morgan fingerprint density at radius 2 is 1.86 bits per heavy atom. The molecule has 0 aliphatic heterocycles. The van der Waals surface area contributed by atoms with Crippen molar-refractivity contribution in [2.75, 3.05) is 6.54 Å². The van der Waals surface area contributed by atoms with Crippen molar-refractivity contribution in [1.82, 2.24) is 5.32 Å². The van der Waals surface area contributed by atoms with Crippen molar-refractivity contribution >= 4 is 18.3 Å². The molecule has 0 bridgehead atoms. The maximum Gasteiger partial charge on any atom is 0.220 e. The number of halogens is 2. The maximum absolute atomic E-state index is 13.8. The van der Waals surface area contributed by atoms with E-state index in [0.29, 0.717) is 18.5 Å². The summed E-state index contributed by atoms with van der Waals surface area (Å²) < 4.78 is 13.8. The van der Waals surface area contributed by atoms with E-state index in [2.05, 4.69) is 5.32 Å². The van der Waals surface area contributed by atoms with Gasteiger partial charge < -0.3 is 11.1 Å². The topological polar surface area (TPSA) is 55.1 Å². The zero-order valence-electron chi connectivity index (χ0n) is 12.2. The normalized spacial score (nSPS) is 15.1. The van der Waals surface area contributed by atoms with E-state index in [9.17, 15) is 9.18 Å². The van der Waals surface area contributed by atoms with Crippen LogP contribution in [0.3, 0.4) is 0 Å². The number of nitrogens with two attached hydrogens (primary N) is 1. The van der Waals surface area contributed by atoms with Crippen LogP contribution < -0.4 is 11.1 Å². The second-order valence-electron chi connectivity index (χ2n) is 5.56. The number of hydrogen-bond donors (Lipinski definition) is 2. The molecule has 1 fully saturated rings. The molecule has 0 saturated heterocycles. The Morgan fingerprint density at radius 3 is 2.48 bits per heavy atom. The maximum atomic E-state index is 13.8. The van der Waals surface area contributed by atoms with Crippen molar-refractivity contribution in [3.63, 3.8) is 0 Å². The van der Waals surface area contributed by atoms with Gasteiger partial charge in [-0.2, -0.15) is 0 Å². The molecular weight excluding hydrogens is 291 g/mol. The Kier molecular flexibility index (Phi) is 7.12. The van der Waals surface area contributed by atoms with E-state index < -0.39 is 5.54 Å². The van der Waals surface area contributed by atoms with Crippen LogP contribution in [-0.2, 0) is 10.3 Å². The molecule has 118 valence electrons. The quantitative estimate of drug-likeness (QED) is 0.724. The third-order valence-electron chi connectivity index (χ3n) is 3.88. The Hall–Kier alpha value is -1.13. The summed E-state index contributed by atoms with van der Waals surface area (Å²) in [6.45, 7) is 0.711. The molecule has 0 aromatic heterocycles. The summed E-state index contributed by atoms with van der Waals surface area (Å²) >= 11 is 0. The molecule has 1 aromatic carbocycles. The van der Waals surface area contributed by atoms with Crippen LogP contribution in [0, 0.1) is 5.82 Å². The van der Waals surface area contributed by atoms with E-state index >= 15 is 0 Å². The highest BCUT2D eigenvalue weighted by molar-refractivity contribution is 5.85. The lowest BCUT2D eigenvalue weighted by Gasteiger charge is -2.18. The second-order valence-corrected chi connectivity index (χ2v) is 5.56. The van der Waals surface area contributed by atoms with E-state index in [4.69, 9.17) is 5.73 Å². The van der Waals surface area contributed by atoms with Gasteiger partial charge in [0, 0.05) is 12.0 Å². The zero-order valence-corrected chi connectivity index (χ0v) is 13.1. The van der Waals surface area contributed by atoms with Crippen molar-refractivity contribution in [2.45, 2.75) is 50.5 Å². The van der Waals surface area contributed by atoms with Gasteiger partial charge in [0.2, 0.25) is 5.91 Å². The zero-order chi connectivity index (χ0) is 14.4. The molecule has 3 N–H and O–H groups in total. The molecule has 1 amide bonds. The molecule has 1 aliphatic carbocycles. The summed E-state index contributed by atoms with van der Waals surface area (Å²) in [5, 5.41) is 3.01. The van der Waals surface area contributed by atoms with E-state index in [1.165, 1.54) is 6.07 Å². The lowest BCUT2D eigenvalue weighted by molar-refractivity contribution is -0.122. The van der Waals surface area contributed by atoms with Gasteiger partial charge in [0.15, 0.2) is 0 Å². The van der Waals surface area contributed by atoms with Gasteiger partial charge in [0.05, 0.1) is 5.54 Å². The monoisotopic (exact) mass is 314 g/mol. The average molecular weight is 315 g/mol. The van der Waals surface area contributed by atoms with Crippen LogP contribution in [0.1, 0.15) is 50.5 Å². The number of amides is 1. The van der Waals surface area contributed by atoms with Crippen LogP contribution in [0.2, 0.25) is 0 Å². The Balaban J connectivity index is 0.00000220. The summed E-state index contributed by atoms with van der Waals surface area (Å²) in [5.41, 5.74) is 5.60. The largest absolute Gasteiger partial charge is 0.346 e. The van der Waals surface area contributed by atoms with Crippen LogP contribution in [-0.4, -0.2) is 12.5 Å². The Labute approximate surface area is 131 Å². The van der Waals surface area contributed by atoms with E-state index in [-0.39, 0.29) is 24.1 Å². The van der Waals surface area contributed by atoms with Crippen molar-refractivity contribution < 1.29 is 9.18 Å². The molecule has 1 aliphatic rings. The average Bonchev–Trinajstić information content (AvgIpc) is 3.19. The smallest absolute Gasteiger partial charge is 0.220 e. The van der Waals surface area contributed by atoms with E-state index in [0.717, 1.165) is 38.5 Å². The van der Waals surface area contributed by atoms with Crippen molar-refractivity contribution in [3.8, 4) is 0 Å². The number of carbonyl (C=O) groups is 1. The molecular formula is C16H24ClFN2O. The fraction of sp³-hybridized carbons (Fsp3) is 0.562. The van der Waals surface area contributed by atoms with Crippen molar-refractivity contribution in [1.29, 1.82) is 0 Å². The minimum atomic E-state index is -0.445. The number of nitrogens with one attached hydrogen (secondary N) is 1. The van der Waals surface area contributed by atoms with Crippen LogP contribution >= 0.6 is 12.4 Å². The summed E-state index contributed by atoms with van der Waals surface area (Å²) in [5.74, 6) is -0.202. The minimum Gasteiger partial charge on any atom is -0.346 e. The van der Waals surface area contributed by atoms with Gasteiger partial charge in [-0.15, -0.1) is 12.4 Å². The number of carbonyl (C=O) groups excluding carboxylic acids is 1.